The quantitative estimate of drug-likeness (QED) is 0.608. The zero-order valence-electron chi connectivity index (χ0n) is 13.1. The highest BCUT2D eigenvalue weighted by Gasteiger charge is 2.22. The second kappa shape index (κ2) is 8.38. The number of nitrogens with zero attached hydrogens (tertiary/aromatic N) is 1. The van der Waals surface area contributed by atoms with Gasteiger partial charge in [-0.25, -0.2) is 0 Å². The number of anilines is 1. The van der Waals surface area contributed by atoms with E-state index in [0.717, 1.165) is 26.2 Å². The van der Waals surface area contributed by atoms with Crippen molar-refractivity contribution in [3.63, 3.8) is 0 Å². The van der Waals surface area contributed by atoms with Crippen LogP contribution in [0.1, 0.15) is 6.92 Å². The Morgan fingerprint density at radius 2 is 1.77 bits per heavy atom. The van der Waals surface area contributed by atoms with Crippen LogP contribution in [0, 0.1) is 0 Å². The molecule has 1 aromatic carbocycles. The topological polar surface area (TPSA) is 65.9 Å². The van der Waals surface area contributed by atoms with Crippen LogP contribution in [0.2, 0.25) is 0 Å². The fraction of sp³-hybridized carbons (Fsp3) is 0.500. The van der Waals surface area contributed by atoms with Crippen molar-refractivity contribution < 1.29 is 14.5 Å². The molecule has 0 unspecified atom stereocenters. The highest BCUT2D eigenvalue weighted by molar-refractivity contribution is 5.84. The Kier molecular flexibility index (Phi) is 6.21. The van der Waals surface area contributed by atoms with E-state index in [4.69, 9.17) is 0 Å². The van der Waals surface area contributed by atoms with Gasteiger partial charge in [0.15, 0.2) is 6.54 Å². The van der Waals surface area contributed by atoms with Crippen LogP contribution in [0.25, 0.3) is 0 Å². The molecule has 1 heterocycles. The summed E-state index contributed by atoms with van der Waals surface area (Å²) >= 11 is 0. The van der Waals surface area contributed by atoms with E-state index in [1.807, 2.05) is 25.1 Å². The van der Waals surface area contributed by atoms with E-state index >= 15 is 0 Å². The molecule has 6 heteroatoms. The lowest BCUT2D eigenvalue weighted by Crippen LogP contribution is -3.16. The molecule has 0 atom stereocenters. The monoisotopic (exact) mass is 305 g/mol. The lowest BCUT2D eigenvalue weighted by molar-refractivity contribution is -0.892. The van der Waals surface area contributed by atoms with Crippen LogP contribution in [0.4, 0.5) is 5.69 Å². The van der Waals surface area contributed by atoms with Gasteiger partial charge in [0, 0.05) is 12.2 Å². The Balaban J connectivity index is 1.69. The molecule has 0 aromatic heterocycles. The standard InChI is InChI=1S/C16H24N4O2/c1-2-17-15(21)12-18-16(22)13-19-8-10-20(11-9-19)14-6-4-3-5-7-14/h3-7H,2,8-13H2,1H3,(H,17,21)(H,18,22)/p+1. The minimum absolute atomic E-state index is 0.0607. The van der Waals surface area contributed by atoms with Crippen molar-refractivity contribution in [2.75, 3.05) is 50.7 Å². The number of piperazine rings is 1. The van der Waals surface area contributed by atoms with E-state index in [2.05, 4.69) is 27.7 Å². The minimum atomic E-state index is -0.139. The average Bonchev–Trinajstić information content (AvgIpc) is 2.55. The summed E-state index contributed by atoms with van der Waals surface area (Å²) in [5, 5.41) is 5.33. The number of para-hydroxylation sites is 1. The molecule has 0 bridgehead atoms. The summed E-state index contributed by atoms with van der Waals surface area (Å²) < 4.78 is 0. The normalized spacial score (nSPS) is 15.4. The van der Waals surface area contributed by atoms with Gasteiger partial charge in [0.1, 0.15) is 0 Å². The van der Waals surface area contributed by atoms with Gasteiger partial charge in [-0.05, 0) is 19.1 Å². The van der Waals surface area contributed by atoms with Crippen LogP contribution in [-0.2, 0) is 9.59 Å². The molecule has 22 heavy (non-hydrogen) atoms. The first kappa shape index (κ1) is 16.3. The summed E-state index contributed by atoms with van der Waals surface area (Å²) in [6.07, 6.45) is 0. The predicted molar refractivity (Wildman–Crippen MR) is 85.9 cm³/mol. The summed E-state index contributed by atoms with van der Waals surface area (Å²) in [4.78, 5) is 26.8. The fourth-order valence-corrected chi connectivity index (χ4v) is 2.62. The van der Waals surface area contributed by atoms with E-state index in [9.17, 15) is 9.59 Å². The van der Waals surface area contributed by atoms with Gasteiger partial charge in [0.2, 0.25) is 5.91 Å². The van der Waals surface area contributed by atoms with Gasteiger partial charge in [-0.3, -0.25) is 9.59 Å². The average molecular weight is 305 g/mol. The van der Waals surface area contributed by atoms with Crippen LogP contribution < -0.4 is 20.4 Å². The maximum absolute atomic E-state index is 11.8. The summed E-state index contributed by atoms with van der Waals surface area (Å²) in [5.41, 5.74) is 1.24. The Labute approximate surface area is 131 Å². The Hall–Kier alpha value is -2.08. The number of rotatable bonds is 6. The summed E-state index contributed by atoms with van der Waals surface area (Å²) in [5.74, 6) is -0.200. The largest absolute Gasteiger partial charge is 0.360 e. The number of likely N-dealkylation sites (N-methyl/N-ethyl adjacent to an activating group) is 1. The highest BCUT2D eigenvalue weighted by Crippen LogP contribution is 2.12. The van der Waals surface area contributed by atoms with Crippen molar-refractivity contribution in [1.82, 2.24) is 10.6 Å². The van der Waals surface area contributed by atoms with Gasteiger partial charge in [-0.15, -0.1) is 0 Å². The number of hydrogen-bond acceptors (Lipinski definition) is 3. The molecule has 0 saturated carbocycles. The van der Waals surface area contributed by atoms with Crippen molar-refractivity contribution in [3.05, 3.63) is 30.3 Å². The molecule has 2 amide bonds. The predicted octanol–water partition coefficient (Wildman–Crippen LogP) is -1.36. The number of amides is 2. The number of hydrogen-bond donors (Lipinski definition) is 3. The number of carbonyl (C=O) groups is 2. The third-order valence-electron chi connectivity index (χ3n) is 3.82. The van der Waals surface area contributed by atoms with E-state index < -0.39 is 0 Å². The first-order chi connectivity index (χ1) is 10.7. The maximum atomic E-state index is 11.8. The molecule has 0 aliphatic carbocycles. The van der Waals surface area contributed by atoms with E-state index in [0.29, 0.717) is 13.1 Å². The first-order valence-electron chi connectivity index (χ1n) is 7.86. The molecular weight excluding hydrogens is 280 g/mol. The molecule has 0 radical (unpaired) electrons. The SMILES string of the molecule is CCNC(=O)CNC(=O)C[NH+]1CCN(c2ccccc2)CC1. The van der Waals surface area contributed by atoms with E-state index in [-0.39, 0.29) is 18.4 Å². The summed E-state index contributed by atoms with van der Waals surface area (Å²) in [6.45, 7) is 6.70. The van der Waals surface area contributed by atoms with Crippen molar-refractivity contribution in [3.8, 4) is 0 Å². The highest BCUT2D eigenvalue weighted by atomic mass is 16.2. The first-order valence-corrected chi connectivity index (χ1v) is 7.86. The van der Waals surface area contributed by atoms with Crippen LogP contribution in [-0.4, -0.2) is 57.6 Å². The zero-order chi connectivity index (χ0) is 15.8. The van der Waals surface area contributed by atoms with Crippen molar-refractivity contribution >= 4 is 17.5 Å². The van der Waals surface area contributed by atoms with Gasteiger partial charge in [0.05, 0.1) is 32.7 Å². The molecule has 1 fully saturated rings. The van der Waals surface area contributed by atoms with Gasteiger partial charge in [0.25, 0.3) is 5.91 Å². The fourth-order valence-electron chi connectivity index (χ4n) is 2.62. The van der Waals surface area contributed by atoms with Crippen LogP contribution in [0.5, 0.6) is 0 Å². The lowest BCUT2D eigenvalue weighted by Gasteiger charge is -2.33. The van der Waals surface area contributed by atoms with E-state index in [1.165, 1.54) is 10.6 Å². The molecule has 3 N–H and O–H groups in total. The Morgan fingerprint density at radius 1 is 1.09 bits per heavy atom. The molecule has 2 rings (SSSR count). The third-order valence-corrected chi connectivity index (χ3v) is 3.82. The number of benzene rings is 1. The Morgan fingerprint density at radius 3 is 2.41 bits per heavy atom. The van der Waals surface area contributed by atoms with Crippen molar-refractivity contribution in [1.29, 1.82) is 0 Å². The number of nitrogens with one attached hydrogen (secondary N) is 3. The molecule has 0 spiro atoms. The number of quaternary nitrogens is 1. The molecular formula is C16H25N4O2+. The van der Waals surface area contributed by atoms with Crippen molar-refractivity contribution in [2.45, 2.75) is 6.92 Å². The zero-order valence-corrected chi connectivity index (χ0v) is 13.1. The Bertz CT molecular complexity index is 484. The molecule has 1 aromatic rings. The van der Waals surface area contributed by atoms with Gasteiger partial charge in [-0.1, -0.05) is 18.2 Å². The second-order valence-corrected chi connectivity index (χ2v) is 5.48. The smallest absolute Gasteiger partial charge is 0.275 e. The van der Waals surface area contributed by atoms with Gasteiger partial charge < -0.3 is 20.4 Å². The molecule has 6 nitrogen and oxygen atoms in total. The van der Waals surface area contributed by atoms with E-state index in [1.54, 1.807) is 0 Å². The summed E-state index contributed by atoms with van der Waals surface area (Å²) in [6, 6.07) is 10.3. The maximum Gasteiger partial charge on any atom is 0.275 e. The second-order valence-electron chi connectivity index (χ2n) is 5.48. The van der Waals surface area contributed by atoms with Crippen LogP contribution >= 0.6 is 0 Å². The van der Waals surface area contributed by atoms with Crippen molar-refractivity contribution in [2.24, 2.45) is 0 Å². The summed E-state index contributed by atoms with van der Waals surface area (Å²) in [7, 11) is 0. The molecule has 1 aliphatic rings. The van der Waals surface area contributed by atoms with Crippen LogP contribution in [0.15, 0.2) is 30.3 Å². The lowest BCUT2D eigenvalue weighted by atomic mass is 10.2. The minimum Gasteiger partial charge on any atom is -0.360 e. The third kappa shape index (κ3) is 5.04. The van der Waals surface area contributed by atoms with Gasteiger partial charge in [-0.2, -0.15) is 0 Å². The molecule has 120 valence electrons. The van der Waals surface area contributed by atoms with Gasteiger partial charge >= 0.3 is 0 Å². The van der Waals surface area contributed by atoms with Crippen LogP contribution in [0.3, 0.4) is 0 Å². The number of carbonyl (C=O) groups excluding carboxylic acids is 2. The molecule has 1 saturated heterocycles. The molecule has 1 aliphatic heterocycles.